The molecule has 0 aromatic heterocycles. The van der Waals surface area contributed by atoms with Crippen molar-refractivity contribution in [2.75, 3.05) is 14.2 Å². The second-order valence-corrected chi connectivity index (χ2v) is 4.48. The van der Waals surface area contributed by atoms with Crippen molar-refractivity contribution in [1.82, 2.24) is 5.32 Å². The quantitative estimate of drug-likeness (QED) is 0.811. The minimum atomic E-state index is -0.354. The van der Waals surface area contributed by atoms with Crippen LogP contribution in [0.3, 0.4) is 0 Å². The van der Waals surface area contributed by atoms with Crippen LogP contribution in [0.2, 0.25) is 0 Å². The molecule has 0 aliphatic heterocycles. The van der Waals surface area contributed by atoms with Gasteiger partial charge in [0.15, 0.2) is 0 Å². The Hall–Kier alpha value is -1.35. The monoisotopic (exact) mass is 233 g/mol. The first-order valence-corrected chi connectivity index (χ1v) is 6.13. The zero-order chi connectivity index (χ0) is 12.3. The van der Waals surface area contributed by atoms with Crippen LogP contribution in [0.5, 0.6) is 0 Å². The van der Waals surface area contributed by atoms with Gasteiger partial charge in [-0.2, -0.15) is 0 Å². The molecule has 92 valence electrons. The maximum Gasteiger partial charge on any atom is 0.327 e. The fraction of sp³-hybridized carbons (Fsp3) is 0.500. The fourth-order valence-corrected chi connectivity index (χ4v) is 2.47. The number of hydrogen-bond donors (Lipinski definition) is 1. The summed E-state index contributed by atoms with van der Waals surface area (Å²) in [6, 6.07) is 5.97. The number of carbonyl (C=O) groups excluding carboxylic acids is 1. The van der Waals surface area contributed by atoms with Gasteiger partial charge in [0.25, 0.3) is 0 Å². The molecule has 1 aromatic carbocycles. The van der Waals surface area contributed by atoms with E-state index in [-0.39, 0.29) is 12.0 Å². The van der Waals surface area contributed by atoms with E-state index in [1.807, 2.05) is 6.07 Å². The van der Waals surface area contributed by atoms with Crippen LogP contribution in [0.1, 0.15) is 35.6 Å². The van der Waals surface area contributed by atoms with E-state index in [0.29, 0.717) is 0 Å². The fourth-order valence-electron chi connectivity index (χ4n) is 2.47. The van der Waals surface area contributed by atoms with E-state index in [0.717, 1.165) is 18.4 Å². The highest BCUT2D eigenvalue weighted by molar-refractivity contribution is 5.77. The third kappa shape index (κ3) is 2.50. The summed E-state index contributed by atoms with van der Waals surface area (Å²) in [7, 11) is 3.20. The van der Waals surface area contributed by atoms with E-state index < -0.39 is 0 Å². The minimum absolute atomic E-state index is 0.233. The summed E-state index contributed by atoms with van der Waals surface area (Å²) in [6.45, 7) is 0. The molecule has 1 unspecified atom stereocenters. The van der Waals surface area contributed by atoms with Gasteiger partial charge < -0.3 is 10.1 Å². The molecule has 1 aromatic rings. The van der Waals surface area contributed by atoms with Crippen LogP contribution >= 0.6 is 0 Å². The summed E-state index contributed by atoms with van der Waals surface area (Å²) >= 11 is 0. The number of benzene rings is 1. The Balaban J connectivity index is 2.29. The number of methoxy groups -OCH3 is 1. The lowest BCUT2D eigenvalue weighted by Crippen LogP contribution is -2.26. The number of carbonyl (C=O) groups is 1. The van der Waals surface area contributed by atoms with Gasteiger partial charge in [0.1, 0.15) is 6.04 Å². The standard InChI is InChI=1S/C14H19NO2/c1-15-13(14(16)17-2)12-8-7-10-5-3-4-6-11(10)9-12/h7-9,13,15H,3-6H2,1-2H3. The lowest BCUT2D eigenvalue weighted by Gasteiger charge is -2.19. The molecular weight excluding hydrogens is 214 g/mol. The van der Waals surface area contributed by atoms with Crippen LogP contribution in [0, 0.1) is 0 Å². The highest BCUT2D eigenvalue weighted by atomic mass is 16.5. The molecule has 0 saturated heterocycles. The first-order chi connectivity index (χ1) is 8.26. The highest BCUT2D eigenvalue weighted by Crippen LogP contribution is 2.25. The molecule has 0 radical (unpaired) electrons. The van der Waals surface area contributed by atoms with Crippen LogP contribution in [-0.4, -0.2) is 20.1 Å². The van der Waals surface area contributed by atoms with E-state index in [9.17, 15) is 4.79 Å². The van der Waals surface area contributed by atoms with Gasteiger partial charge in [0, 0.05) is 0 Å². The Kier molecular flexibility index (Phi) is 3.79. The van der Waals surface area contributed by atoms with Crippen LogP contribution < -0.4 is 5.32 Å². The Morgan fingerprint density at radius 3 is 2.65 bits per heavy atom. The molecule has 1 N–H and O–H groups in total. The number of hydrogen-bond acceptors (Lipinski definition) is 3. The third-order valence-electron chi connectivity index (χ3n) is 3.43. The van der Waals surface area contributed by atoms with Crippen molar-refractivity contribution in [1.29, 1.82) is 0 Å². The molecule has 0 heterocycles. The summed E-state index contributed by atoms with van der Waals surface area (Å²) in [6.07, 6.45) is 4.82. The Bertz CT molecular complexity index is 415. The number of esters is 1. The van der Waals surface area contributed by atoms with E-state index in [1.165, 1.54) is 31.1 Å². The summed E-state index contributed by atoms with van der Waals surface area (Å²) in [4.78, 5) is 11.6. The molecule has 1 atom stereocenters. The molecule has 0 fully saturated rings. The Labute approximate surface area is 102 Å². The molecule has 1 aliphatic carbocycles. The molecule has 3 nitrogen and oxygen atoms in total. The van der Waals surface area contributed by atoms with Gasteiger partial charge in [-0.05, 0) is 49.4 Å². The SMILES string of the molecule is CNC(C(=O)OC)c1ccc2c(c1)CCCC2. The van der Waals surface area contributed by atoms with Gasteiger partial charge in [-0.1, -0.05) is 18.2 Å². The highest BCUT2D eigenvalue weighted by Gasteiger charge is 2.20. The molecule has 0 amide bonds. The van der Waals surface area contributed by atoms with E-state index in [4.69, 9.17) is 4.74 Å². The number of aryl methyl sites for hydroxylation is 2. The minimum Gasteiger partial charge on any atom is -0.468 e. The van der Waals surface area contributed by atoms with Gasteiger partial charge in [-0.3, -0.25) is 0 Å². The first-order valence-electron chi connectivity index (χ1n) is 6.13. The van der Waals surface area contributed by atoms with Crippen molar-refractivity contribution in [2.24, 2.45) is 0 Å². The number of rotatable bonds is 3. The third-order valence-corrected chi connectivity index (χ3v) is 3.43. The van der Waals surface area contributed by atoms with Gasteiger partial charge >= 0.3 is 5.97 Å². The normalized spacial score (nSPS) is 16.1. The van der Waals surface area contributed by atoms with Crippen LogP contribution in [0.15, 0.2) is 18.2 Å². The molecule has 0 saturated carbocycles. The summed E-state index contributed by atoms with van der Waals surface area (Å²) in [5.74, 6) is -0.233. The first kappa shape index (κ1) is 12.1. The van der Waals surface area contributed by atoms with E-state index in [2.05, 4.69) is 17.4 Å². The maximum atomic E-state index is 11.6. The van der Waals surface area contributed by atoms with Crippen molar-refractivity contribution in [3.05, 3.63) is 34.9 Å². The second-order valence-electron chi connectivity index (χ2n) is 4.48. The largest absolute Gasteiger partial charge is 0.468 e. The van der Waals surface area contributed by atoms with Crippen molar-refractivity contribution in [3.63, 3.8) is 0 Å². The average molecular weight is 233 g/mol. The number of likely N-dealkylation sites (N-methyl/N-ethyl adjacent to an activating group) is 1. The van der Waals surface area contributed by atoms with Gasteiger partial charge in [-0.25, -0.2) is 4.79 Å². The molecule has 0 spiro atoms. The summed E-state index contributed by atoms with van der Waals surface area (Å²) < 4.78 is 4.80. The van der Waals surface area contributed by atoms with Gasteiger partial charge in [0.05, 0.1) is 7.11 Å². The van der Waals surface area contributed by atoms with E-state index >= 15 is 0 Å². The van der Waals surface area contributed by atoms with Crippen LogP contribution in [-0.2, 0) is 22.4 Å². The molecule has 1 aliphatic rings. The van der Waals surface area contributed by atoms with Crippen molar-refractivity contribution < 1.29 is 9.53 Å². The van der Waals surface area contributed by atoms with Crippen molar-refractivity contribution in [2.45, 2.75) is 31.7 Å². The summed E-state index contributed by atoms with van der Waals surface area (Å²) in [5.41, 5.74) is 3.82. The number of ether oxygens (including phenoxy) is 1. The maximum absolute atomic E-state index is 11.6. The molecule has 0 bridgehead atoms. The lowest BCUT2D eigenvalue weighted by molar-refractivity contribution is -0.143. The topological polar surface area (TPSA) is 38.3 Å². The van der Waals surface area contributed by atoms with Gasteiger partial charge in [0.2, 0.25) is 0 Å². The number of fused-ring (bicyclic) bond motifs is 1. The predicted octanol–water partition coefficient (Wildman–Crippen LogP) is 2.00. The van der Waals surface area contributed by atoms with Crippen LogP contribution in [0.4, 0.5) is 0 Å². The van der Waals surface area contributed by atoms with Crippen molar-refractivity contribution >= 4 is 5.97 Å². The van der Waals surface area contributed by atoms with Crippen molar-refractivity contribution in [3.8, 4) is 0 Å². The molecule has 2 rings (SSSR count). The zero-order valence-corrected chi connectivity index (χ0v) is 10.5. The average Bonchev–Trinajstić information content (AvgIpc) is 2.39. The van der Waals surface area contributed by atoms with Gasteiger partial charge in [-0.15, -0.1) is 0 Å². The Morgan fingerprint density at radius 2 is 2.00 bits per heavy atom. The molecular formula is C14H19NO2. The predicted molar refractivity (Wildman–Crippen MR) is 66.9 cm³/mol. The number of nitrogens with one attached hydrogen (secondary N) is 1. The molecule has 3 heteroatoms. The summed E-state index contributed by atoms with van der Waals surface area (Å²) in [5, 5.41) is 3.00. The lowest BCUT2D eigenvalue weighted by atomic mass is 9.89. The Morgan fingerprint density at radius 1 is 1.29 bits per heavy atom. The zero-order valence-electron chi connectivity index (χ0n) is 10.5. The molecule has 17 heavy (non-hydrogen) atoms. The van der Waals surface area contributed by atoms with E-state index in [1.54, 1.807) is 7.05 Å². The smallest absolute Gasteiger partial charge is 0.327 e. The second kappa shape index (κ2) is 5.32. The van der Waals surface area contributed by atoms with Crippen LogP contribution in [0.25, 0.3) is 0 Å².